The molecular formula is C28H37Cl2Zr-. The molecule has 0 atom stereocenters. The van der Waals surface area contributed by atoms with Gasteiger partial charge in [0.1, 0.15) is 0 Å². The van der Waals surface area contributed by atoms with Crippen LogP contribution in [0.5, 0.6) is 0 Å². The molecule has 31 heavy (non-hydrogen) atoms. The van der Waals surface area contributed by atoms with E-state index < -0.39 is 20.8 Å². The fourth-order valence-electron chi connectivity index (χ4n) is 3.96. The minimum absolute atomic E-state index is 0.130. The van der Waals surface area contributed by atoms with Gasteiger partial charge in [0.2, 0.25) is 0 Å². The fraction of sp³-hybridized carbons (Fsp3) is 0.464. The number of benzene rings is 2. The van der Waals surface area contributed by atoms with Gasteiger partial charge in [-0.05, 0) is 39.9 Å². The normalized spacial score (nSPS) is 12.1. The van der Waals surface area contributed by atoms with Crippen LogP contribution >= 0.6 is 17.0 Å². The Morgan fingerprint density at radius 3 is 1.81 bits per heavy atom. The van der Waals surface area contributed by atoms with Crippen molar-refractivity contribution >= 4 is 27.8 Å². The van der Waals surface area contributed by atoms with E-state index in [2.05, 4.69) is 105 Å². The van der Waals surface area contributed by atoms with Crippen LogP contribution in [0, 0.1) is 0 Å². The second-order valence-corrected chi connectivity index (χ2v) is 14.5. The van der Waals surface area contributed by atoms with Crippen molar-refractivity contribution in [3.8, 4) is 11.1 Å². The summed E-state index contributed by atoms with van der Waals surface area (Å²) < 4.78 is 0. The van der Waals surface area contributed by atoms with E-state index in [0.717, 1.165) is 6.42 Å². The van der Waals surface area contributed by atoms with E-state index >= 15 is 0 Å². The fourth-order valence-corrected chi connectivity index (χ4v) is 3.96. The van der Waals surface area contributed by atoms with Gasteiger partial charge in [-0.2, -0.15) is 6.07 Å². The van der Waals surface area contributed by atoms with Crippen molar-refractivity contribution in [2.45, 2.75) is 85.5 Å². The summed E-state index contributed by atoms with van der Waals surface area (Å²) >= 11 is -0.826. The summed E-state index contributed by atoms with van der Waals surface area (Å²) in [5.74, 6) is 0.552. The van der Waals surface area contributed by atoms with Crippen molar-refractivity contribution in [3.05, 3.63) is 64.7 Å². The molecular weight excluding hydrogens is 498 g/mol. The van der Waals surface area contributed by atoms with Gasteiger partial charge in [-0.3, -0.25) is 0 Å². The first-order valence-corrected chi connectivity index (χ1v) is 17.5. The molecule has 0 aliphatic carbocycles. The van der Waals surface area contributed by atoms with Gasteiger partial charge in [0.05, 0.1) is 0 Å². The van der Waals surface area contributed by atoms with Gasteiger partial charge < -0.3 is 0 Å². The molecule has 0 aromatic heterocycles. The molecule has 0 aliphatic heterocycles. The summed E-state index contributed by atoms with van der Waals surface area (Å²) in [5, 5.41) is 2.78. The molecule has 3 aromatic carbocycles. The molecule has 0 unspecified atom stereocenters. The maximum atomic E-state index is 4.93. The Morgan fingerprint density at radius 1 is 0.871 bits per heavy atom. The van der Waals surface area contributed by atoms with Gasteiger partial charge in [0.25, 0.3) is 0 Å². The van der Waals surface area contributed by atoms with Crippen LogP contribution in [0.15, 0.2) is 42.5 Å². The molecule has 3 aromatic rings. The third kappa shape index (κ3) is 6.53. The number of rotatable bonds is 3. The van der Waals surface area contributed by atoms with Gasteiger partial charge in [-0.25, -0.2) is 0 Å². The Balaban J connectivity index is 0.00000107. The van der Waals surface area contributed by atoms with Crippen LogP contribution in [0.3, 0.4) is 0 Å². The van der Waals surface area contributed by atoms with Crippen LogP contribution in [-0.2, 0) is 38.1 Å². The Kier molecular flexibility index (Phi) is 9.18. The summed E-state index contributed by atoms with van der Waals surface area (Å²) in [4.78, 5) is 0. The molecule has 0 amide bonds. The number of hydrogen-bond donors (Lipinski definition) is 0. The maximum absolute atomic E-state index is 4.93. The van der Waals surface area contributed by atoms with Crippen LogP contribution in [0.25, 0.3) is 21.9 Å². The zero-order chi connectivity index (χ0) is 23.6. The van der Waals surface area contributed by atoms with E-state index in [1.165, 1.54) is 44.2 Å². The summed E-state index contributed by atoms with van der Waals surface area (Å²) in [6.45, 7) is 20.8. The molecule has 0 heterocycles. The molecule has 0 bridgehead atoms. The van der Waals surface area contributed by atoms with E-state index in [0.29, 0.717) is 5.92 Å². The summed E-state index contributed by atoms with van der Waals surface area (Å²) in [6.07, 6.45) is 1.05. The topological polar surface area (TPSA) is 0 Å². The van der Waals surface area contributed by atoms with Crippen LogP contribution in [0.4, 0.5) is 0 Å². The molecule has 0 N–H and O–H groups in total. The van der Waals surface area contributed by atoms with Crippen molar-refractivity contribution in [2.75, 3.05) is 0 Å². The molecule has 3 rings (SSSR count). The Morgan fingerprint density at radius 2 is 1.39 bits per heavy atom. The predicted molar refractivity (Wildman–Crippen MR) is 138 cm³/mol. The molecule has 0 nitrogen and oxygen atoms in total. The first-order valence-electron chi connectivity index (χ1n) is 11.2. The quantitative estimate of drug-likeness (QED) is 0.293. The molecule has 0 saturated heterocycles. The molecule has 0 spiro atoms. The van der Waals surface area contributed by atoms with Crippen LogP contribution in [0.1, 0.15) is 90.5 Å². The second-order valence-electron chi connectivity index (χ2n) is 10.8. The van der Waals surface area contributed by atoms with Gasteiger partial charge in [0, 0.05) is 0 Å². The van der Waals surface area contributed by atoms with Crippen molar-refractivity contribution < 1.29 is 20.8 Å². The monoisotopic (exact) mass is 533 g/mol. The third-order valence-corrected chi connectivity index (χ3v) is 6.00. The van der Waals surface area contributed by atoms with Crippen molar-refractivity contribution in [2.24, 2.45) is 0 Å². The van der Waals surface area contributed by atoms with Gasteiger partial charge in [-0.1, -0.05) is 91.6 Å². The first-order chi connectivity index (χ1) is 14.3. The van der Waals surface area contributed by atoms with Gasteiger partial charge >= 0.3 is 37.9 Å². The average molecular weight is 536 g/mol. The Labute approximate surface area is 208 Å². The van der Waals surface area contributed by atoms with Crippen LogP contribution in [0.2, 0.25) is 0 Å². The number of aryl methyl sites for hydroxylation is 1. The summed E-state index contributed by atoms with van der Waals surface area (Å²) in [5.41, 5.74) is 8.79. The zero-order valence-corrected chi connectivity index (χ0v) is 24.6. The van der Waals surface area contributed by atoms with E-state index in [1.807, 2.05) is 0 Å². The third-order valence-electron chi connectivity index (χ3n) is 6.00. The summed E-state index contributed by atoms with van der Waals surface area (Å²) in [7, 11) is 9.87. The van der Waals surface area contributed by atoms with E-state index in [1.54, 1.807) is 0 Å². The SMILES string of the molecule is CCc1ccc2[cH-]c(C(C)C)cc2c1-c1cc(C(C)(C)C)cc(C(C)(C)C)c1.[Cl][Zr][Cl]. The van der Waals surface area contributed by atoms with E-state index in [-0.39, 0.29) is 10.8 Å². The van der Waals surface area contributed by atoms with Crippen molar-refractivity contribution in [3.63, 3.8) is 0 Å². The molecule has 3 heteroatoms. The van der Waals surface area contributed by atoms with E-state index in [4.69, 9.17) is 17.0 Å². The summed E-state index contributed by atoms with van der Waals surface area (Å²) in [6, 6.07) is 16.7. The zero-order valence-electron chi connectivity index (χ0n) is 20.6. The van der Waals surface area contributed by atoms with Crippen LogP contribution < -0.4 is 0 Å². The number of hydrogen-bond acceptors (Lipinski definition) is 0. The van der Waals surface area contributed by atoms with E-state index in [9.17, 15) is 0 Å². The molecule has 168 valence electrons. The number of halogens is 2. The van der Waals surface area contributed by atoms with Crippen molar-refractivity contribution in [1.29, 1.82) is 0 Å². The van der Waals surface area contributed by atoms with Gasteiger partial charge in [0.15, 0.2) is 0 Å². The number of fused-ring (bicyclic) bond motifs is 1. The van der Waals surface area contributed by atoms with Crippen molar-refractivity contribution in [1.82, 2.24) is 0 Å². The molecule has 0 fully saturated rings. The predicted octanol–water partition coefficient (Wildman–Crippen LogP) is 9.88. The Bertz CT molecular complexity index is 982. The van der Waals surface area contributed by atoms with Gasteiger partial charge in [-0.15, -0.1) is 34.5 Å². The Hall–Kier alpha value is -0.487. The minimum atomic E-state index is -0.826. The standard InChI is InChI=1S/C28H37.2ClH.Zr/c1-10-19-11-12-20-13-21(18(2)3)16-25(20)26(19)22-14-23(27(4,5)6)17-24(15-22)28(7,8)9;;;/h11-18H,10H2,1-9H3;2*1H;/q-1;;;+2/p-2. The first kappa shape index (κ1) is 26.8. The second kappa shape index (κ2) is 10.6. The molecule has 0 radical (unpaired) electrons. The van der Waals surface area contributed by atoms with Crippen LogP contribution in [-0.4, -0.2) is 0 Å². The average Bonchev–Trinajstić information content (AvgIpc) is 3.10. The molecule has 0 aliphatic rings. The molecule has 0 saturated carbocycles.